The van der Waals surface area contributed by atoms with Gasteiger partial charge in [0.15, 0.2) is 5.60 Å². The Bertz CT molecular complexity index is 2440. The van der Waals surface area contributed by atoms with Crippen molar-refractivity contribution in [2.45, 2.75) is 62.7 Å². The van der Waals surface area contributed by atoms with Gasteiger partial charge in [-0.15, -0.1) is 5.10 Å². The molecule has 3 heterocycles. The lowest BCUT2D eigenvalue weighted by molar-refractivity contribution is -0.146. The van der Waals surface area contributed by atoms with Crippen LogP contribution in [-0.4, -0.2) is 59.8 Å². The van der Waals surface area contributed by atoms with E-state index in [-0.39, 0.29) is 41.9 Å². The highest BCUT2D eigenvalue weighted by Crippen LogP contribution is 2.60. The average molecular weight is 807 g/mol. The number of nitrogens with two attached hydrogens (primary N) is 1. The number of carbonyl (C=O) groups is 2. The van der Waals surface area contributed by atoms with Gasteiger partial charge in [0.1, 0.15) is 5.75 Å². The lowest BCUT2D eigenvalue weighted by Gasteiger charge is -2.37. The summed E-state index contributed by atoms with van der Waals surface area (Å²) in [6.45, 7) is 7.66. The van der Waals surface area contributed by atoms with E-state index >= 15 is 4.79 Å². The lowest BCUT2D eigenvalue weighted by Crippen LogP contribution is -2.51. The van der Waals surface area contributed by atoms with Crippen LogP contribution in [-0.2, 0) is 28.2 Å². The smallest absolute Gasteiger partial charge is 0.264 e. The lowest BCUT2D eigenvalue weighted by atomic mass is 9.82. The molecule has 0 bridgehead atoms. The second-order valence-corrected chi connectivity index (χ2v) is 20.9. The number of aryl methyl sites for hydroxylation is 1. The first-order valence-corrected chi connectivity index (χ1v) is 23.2. The Hall–Kier alpha value is -6.08. The molecule has 1 saturated heterocycles. The summed E-state index contributed by atoms with van der Waals surface area (Å²) in [4.78, 5) is 30.2. The molecule has 1 unspecified atom stereocenters. The normalized spacial score (nSPS) is 20.5. The molecule has 1 fully saturated rings. The summed E-state index contributed by atoms with van der Waals surface area (Å²) in [6.07, 6.45) is 2.23. The van der Waals surface area contributed by atoms with E-state index in [1.54, 1.807) is 31.4 Å². The van der Waals surface area contributed by atoms with Gasteiger partial charge in [-0.2, -0.15) is 0 Å². The number of hydrogen-bond acceptors (Lipinski definition) is 8. The Morgan fingerprint density at radius 2 is 1.69 bits per heavy atom. The Labute approximate surface area is 345 Å². The molecule has 4 N–H and O–H groups in total. The molecule has 12 heteroatoms. The predicted molar refractivity (Wildman–Crippen MR) is 232 cm³/mol. The molecule has 5 aromatic carbocycles. The number of aliphatic hydroxyl groups is 1. The Morgan fingerprint density at radius 1 is 0.966 bits per heavy atom. The average Bonchev–Trinajstić information content (AvgIpc) is 3.91. The summed E-state index contributed by atoms with van der Waals surface area (Å²) in [5, 5.41) is 23.5. The minimum atomic E-state index is -2.38. The number of methoxy groups -OCH3 is 1. The minimum Gasteiger partial charge on any atom is -0.497 e. The maximum absolute atomic E-state index is 15.3. The number of fused-ring (bicyclic) bond motifs is 2. The van der Waals surface area contributed by atoms with Crippen LogP contribution in [0.25, 0.3) is 0 Å². The van der Waals surface area contributed by atoms with Crippen molar-refractivity contribution >= 4 is 42.1 Å². The Balaban J connectivity index is 1.10. The van der Waals surface area contributed by atoms with E-state index in [9.17, 15) is 9.90 Å². The quantitative estimate of drug-likeness (QED) is 0.0829. The van der Waals surface area contributed by atoms with E-state index in [1.807, 2.05) is 107 Å². The predicted octanol–water partition coefficient (Wildman–Crippen LogP) is 7.10. The molecule has 0 aliphatic carbocycles. The summed E-state index contributed by atoms with van der Waals surface area (Å²) in [5.41, 5.74) is 10.6. The standard InChI is InChI=1S/C47H50N6O5Si/c1-31-44(59(3,4)38-23-21-37(57-2)22-24-38)43(25-26-52-29-41(50-51-52)39(30-54)33-12-6-5-7-13-33)58-47(31)40-15-8-9-16-42(40)53(46(47)56)28-32-11-10-14-36(27-32)49-45(55)34-17-19-35(48)20-18-34/h5-24,27,29,31,39,43-44,54H,25-26,28,30,48H2,1-4H3,(H,49,55)/t31-,39?,43+,44-,47+/m0/s1. The van der Waals surface area contributed by atoms with Gasteiger partial charge in [-0.1, -0.05) is 103 Å². The second kappa shape index (κ2) is 16.3. The maximum Gasteiger partial charge on any atom is 0.264 e. The van der Waals surface area contributed by atoms with Gasteiger partial charge in [0.25, 0.3) is 11.8 Å². The molecule has 2 aliphatic heterocycles. The molecule has 302 valence electrons. The fraction of sp³-hybridized carbons (Fsp3) is 0.277. The van der Waals surface area contributed by atoms with Crippen molar-refractivity contribution in [1.82, 2.24) is 15.0 Å². The number of nitrogen functional groups attached to an aromatic ring is 1. The molecule has 2 aliphatic rings. The number of nitrogens with one attached hydrogen (secondary N) is 1. The topological polar surface area (TPSA) is 145 Å². The van der Waals surface area contributed by atoms with Crippen molar-refractivity contribution in [3.05, 3.63) is 162 Å². The SMILES string of the molecule is COc1ccc([Si](C)(C)[C@@H]2[C@@H](CCn3cc(C(CO)c4ccccc4)nn3)O[C@]3(C(=O)N(Cc4cccc(NC(=O)c5ccc(N)cc5)c4)c4ccccc43)[C@H]2C)cc1. The Kier molecular flexibility index (Phi) is 11.0. The highest BCUT2D eigenvalue weighted by atomic mass is 28.3. The molecule has 8 rings (SSSR count). The number of carbonyl (C=O) groups excluding carboxylic acids is 2. The van der Waals surface area contributed by atoms with Gasteiger partial charge in [0.05, 0.1) is 51.7 Å². The van der Waals surface area contributed by atoms with E-state index in [4.69, 9.17) is 15.2 Å². The van der Waals surface area contributed by atoms with Crippen LogP contribution in [0, 0.1) is 5.92 Å². The number of aromatic nitrogens is 3. The van der Waals surface area contributed by atoms with E-state index in [2.05, 4.69) is 47.8 Å². The molecule has 5 atom stereocenters. The maximum atomic E-state index is 15.3. The summed E-state index contributed by atoms with van der Waals surface area (Å²) in [5.74, 6) is -0.00576. The van der Waals surface area contributed by atoms with Crippen LogP contribution in [0.15, 0.2) is 134 Å². The third-order valence-electron chi connectivity index (χ3n) is 12.4. The highest BCUT2D eigenvalue weighted by Gasteiger charge is 2.66. The van der Waals surface area contributed by atoms with Crippen molar-refractivity contribution < 1.29 is 24.2 Å². The van der Waals surface area contributed by atoms with Crippen LogP contribution in [0.4, 0.5) is 17.1 Å². The number of para-hydroxylation sites is 1. The van der Waals surface area contributed by atoms with Crippen LogP contribution in [0.5, 0.6) is 5.75 Å². The van der Waals surface area contributed by atoms with E-state index in [1.165, 1.54) is 5.19 Å². The number of benzene rings is 5. The second-order valence-electron chi connectivity index (χ2n) is 16.2. The monoisotopic (exact) mass is 806 g/mol. The first-order valence-electron chi connectivity index (χ1n) is 20.1. The van der Waals surface area contributed by atoms with Gasteiger partial charge in [-0.05, 0) is 77.7 Å². The number of hydrogen-bond donors (Lipinski definition) is 3. The third-order valence-corrected chi connectivity index (χ3v) is 16.7. The van der Waals surface area contributed by atoms with Gasteiger partial charge in [-0.25, -0.2) is 0 Å². The number of nitrogens with zero attached hydrogens (tertiary/aromatic N) is 4. The zero-order valence-corrected chi connectivity index (χ0v) is 34.8. The minimum absolute atomic E-state index is 0.0391. The van der Waals surface area contributed by atoms with Crippen molar-refractivity contribution in [2.24, 2.45) is 5.92 Å². The molecule has 0 saturated carbocycles. The van der Waals surface area contributed by atoms with Crippen molar-refractivity contribution in [1.29, 1.82) is 0 Å². The van der Waals surface area contributed by atoms with Crippen LogP contribution >= 0.6 is 0 Å². The van der Waals surface area contributed by atoms with E-state index in [0.717, 1.165) is 28.1 Å². The number of rotatable bonds is 13. The molecule has 2 amide bonds. The zero-order valence-electron chi connectivity index (χ0n) is 33.8. The summed E-state index contributed by atoms with van der Waals surface area (Å²) in [7, 11) is -0.709. The Morgan fingerprint density at radius 3 is 2.42 bits per heavy atom. The molecular weight excluding hydrogens is 757 g/mol. The third kappa shape index (κ3) is 7.43. The number of anilines is 3. The van der Waals surface area contributed by atoms with Gasteiger partial charge >= 0.3 is 0 Å². The fourth-order valence-corrected chi connectivity index (χ4v) is 13.4. The first kappa shape index (κ1) is 39.7. The van der Waals surface area contributed by atoms with E-state index in [0.29, 0.717) is 42.1 Å². The van der Waals surface area contributed by atoms with Crippen LogP contribution in [0.2, 0.25) is 18.6 Å². The van der Waals surface area contributed by atoms with Gasteiger partial charge in [0.2, 0.25) is 0 Å². The molecule has 11 nitrogen and oxygen atoms in total. The van der Waals surface area contributed by atoms with Crippen molar-refractivity contribution in [2.75, 3.05) is 29.7 Å². The largest absolute Gasteiger partial charge is 0.497 e. The molecule has 1 aromatic heterocycles. The molecule has 0 radical (unpaired) electrons. The summed E-state index contributed by atoms with van der Waals surface area (Å²) >= 11 is 0. The fourth-order valence-electron chi connectivity index (χ4n) is 9.36. The van der Waals surface area contributed by atoms with Crippen LogP contribution in [0.1, 0.15) is 52.0 Å². The van der Waals surface area contributed by atoms with Crippen molar-refractivity contribution in [3.8, 4) is 5.75 Å². The van der Waals surface area contributed by atoms with Crippen LogP contribution in [0.3, 0.4) is 0 Å². The summed E-state index contributed by atoms with van der Waals surface area (Å²) in [6, 6.07) is 40.6. The molecule has 1 spiro atoms. The molecular formula is C47H50N6O5Si. The highest BCUT2D eigenvalue weighted by molar-refractivity contribution is 6.91. The van der Waals surface area contributed by atoms with Gasteiger partial charge in [0, 0.05) is 41.2 Å². The first-order chi connectivity index (χ1) is 28.5. The number of amides is 2. The van der Waals surface area contributed by atoms with Crippen LogP contribution < -0.4 is 25.9 Å². The summed E-state index contributed by atoms with van der Waals surface area (Å²) < 4.78 is 14.7. The molecule has 6 aromatic rings. The van der Waals surface area contributed by atoms with Gasteiger partial charge in [-0.3, -0.25) is 14.3 Å². The number of ether oxygens (including phenoxy) is 2. The zero-order chi connectivity index (χ0) is 41.3. The van der Waals surface area contributed by atoms with Gasteiger partial charge < -0.3 is 30.5 Å². The van der Waals surface area contributed by atoms with Crippen molar-refractivity contribution in [3.63, 3.8) is 0 Å². The van der Waals surface area contributed by atoms with E-state index < -0.39 is 13.7 Å². The number of aliphatic hydroxyl groups excluding tert-OH is 1. The molecule has 59 heavy (non-hydrogen) atoms.